The van der Waals surface area contributed by atoms with Gasteiger partial charge in [-0.3, -0.25) is 0 Å². The van der Waals surface area contributed by atoms with Gasteiger partial charge in [0.05, 0.1) is 38.6 Å². The monoisotopic (exact) mass is 311 g/mol. The zero-order valence-electron chi connectivity index (χ0n) is 13.6. The molecule has 4 amide bonds. The maximum atomic E-state index is 12.5. The number of epoxide rings is 1. The van der Waals surface area contributed by atoms with Crippen molar-refractivity contribution in [2.75, 3.05) is 40.0 Å². The Morgan fingerprint density at radius 1 is 1.41 bits per heavy atom. The number of nitrogens with zero attached hydrogens (tertiary/aromatic N) is 3. The van der Waals surface area contributed by atoms with E-state index < -0.39 is 0 Å². The number of amides is 4. The molecule has 0 aliphatic carbocycles. The molecule has 2 heterocycles. The first-order valence-corrected chi connectivity index (χ1v) is 7.56. The number of hydrogen-bond donors (Lipinski definition) is 0. The minimum Gasteiger partial charge on any atom is -0.380 e. The average Bonchev–Trinajstić information content (AvgIpc) is 3.27. The molecule has 0 aromatic heterocycles. The van der Waals surface area contributed by atoms with Gasteiger partial charge in [-0.1, -0.05) is 5.57 Å². The molecule has 0 saturated carbocycles. The fraction of sp³-hybridized carbons (Fsp3) is 0.733. The second-order valence-corrected chi connectivity index (χ2v) is 6.01. The van der Waals surface area contributed by atoms with Crippen LogP contribution in [0.2, 0.25) is 0 Å². The minimum atomic E-state index is -0.261. The molecule has 2 aliphatic heterocycles. The summed E-state index contributed by atoms with van der Waals surface area (Å²) in [4.78, 5) is 29.6. The number of rotatable bonds is 8. The molecule has 0 aromatic carbocycles. The van der Waals surface area contributed by atoms with Crippen molar-refractivity contribution in [2.24, 2.45) is 0 Å². The van der Waals surface area contributed by atoms with E-state index in [0.29, 0.717) is 32.7 Å². The molecule has 2 aliphatic rings. The highest BCUT2D eigenvalue weighted by Crippen LogP contribution is 2.19. The summed E-state index contributed by atoms with van der Waals surface area (Å²) in [5, 5.41) is 0. The van der Waals surface area contributed by atoms with Gasteiger partial charge in [0.15, 0.2) is 0 Å². The smallest absolute Gasteiger partial charge is 0.329 e. The molecule has 2 unspecified atom stereocenters. The van der Waals surface area contributed by atoms with Crippen molar-refractivity contribution in [3.63, 3.8) is 0 Å². The van der Waals surface area contributed by atoms with Crippen LogP contribution < -0.4 is 0 Å². The lowest BCUT2D eigenvalue weighted by atomic mass is 10.2. The normalized spacial score (nSPS) is 23.0. The van der Waals surface area contributed by atoms with Crippen LogP contribution in [0.15, 0.2) is 12.2 Å². The first kappa shape index (κ1) is 16.8. The van der Waals surface area contributed by atoms with E-state index in [1.165, 1.54) is 4.90 Å². The third-order valence-corrected chi connectivity index (χ3v) is 3.81. The summed E-state index contributed by atoms with van der Waals surface area (Å²) in [6.45, 7) is 9.91. The molecule has 22 heavy (non-hydrogen) atoms. The fourth-order valence-corrected chi connectivity index (χ4v) is 2.32. The van der Waals surface area contributed by atoms with Crippen LogP contribution in [0.3, 0.4) is 0 Å². The summed E-state index contributed by atoms with van der Waals surface area (Å²) in [6.07, 6.45) is 0.625. The number of carbonyl (C=O) groups is 2. The quantitative estimate of drug-likeness (QED) is 0.503. The molecule has 7 nitrogen and oxygen atoms in total. The maximum Gasteiger partial charge on any atom is 0.329 e. The number of carbonyl (C=O) groups excluding carboxylic acids is 2. The molecule has 2 fully saturated rings. The Hall–Kier alpha value is -1.60. The van der Waals surface area contributed by atoms with Gasteiger partial charge in [0.25, 0.3) is 0 Å². The first-order valence-electron chi connectivity index (χ1n) is 7.56. The van der Waals surface area contributed by atoms with Gasteiger partial charge in [-0.2, -0.15) is 0 Å². The molecule has 0 N–H and O–H groups in total. The van der Waals surface area contributed by atoms with Gasteiger partial charge in [-0.25, -0.2) is 14.5 Å². The van der Waals surface area contributed by atoms with Crippen LogP contribution >= 0.6 is 0 Å². The molecule has 0 bridgehead atoms. The lowest BCUT2D eigenvalue weighted by Crippen LogP contribution is -2.62. The molecular formula is C15H25N3O4. The Balaban J connectivity index is 2.07. The molecule has 7 heteroatoms. The summed E-state index contributed by atoms with van der Waals surface area (Å²) in [6, 6.07) is -0.508. The highest BCUT2D eigenvalue weighted by Gasteiger charge is 2.39. The van der Waals surface area contributed by atoms with Crippen LogP contribution in [0.4, 0.5) is 9.59 Å². The third kappa shape index (κ3) is 4.20. The van der Waals surface area contributed by atoms with E-state index in [1.54, 1.807) is 16.9 Å². The molecule has 2 atom stereocenters. The zero-order valence-corrected chi connectivity index (χ0v) is 13.6. The van der Waals surface area contributed by atoms with Crippen LogP contribution in [0.25, 0.3) is 0 Å². The van der Waals surface area contributed by atoms with E-state index in [2.05, 4.69) is 6.58 Å². The Morgan fingerprint density at radius 2 is 2.05 bits per heavy atom. The summed E-state index contributed by atoms with van der Waals surface area (Å²) in [7, 11) is 1.61. The van der Waals surface area contributed by atoms with E-state index in [9.17, 15) is 9.59 Å². The van der Waals surface area contributed by atoms with Crippen molar-refractivity contribution >= 4 is 12.1 Å². The lowest BCUT2D eigenvalue weighted by Gasteiger charge is -2.41. The Labute approximate surface area is 131 Å². The molecule has 124 valence electrons. The fourth-order valence-electron chi connectivity index (χ4n) is 2.32. The predicted molar refractivity (Wildman–Crippen MR) is 81.4 cm³/mol. The highest BCUT2D eigenvalue weighted by molar-refractivity contribution is 5.95. The molecule has 0 radical (unpaired) electrons. The maximum absolute atomic E-state index is 12.5. The Bertz CT molecular complexity index is 450. The molecule has 2 saturated heterocycles. The van der Waals surface area contributed by atoms with Gasteiger partial charge in [0.2, 0.25) is 0 Å². The van der Waals surface area contributed by atoms with Crippen molar-refractivity contribution in [3.05, 3.63) is 12.2 Å². The summed E-state index contributed by atoms with van der Waals surface area (Å²) >= 11 is 0. The molecule has 0 aromatic rings. The first-order chi connectivity index (χ1) is 10.4. The van der Waals surface area contributed by atoms with Gasteiger partial charge >= 0.3 is 12.1 Å². The SMILES string of the molecule is C=C(C)CCN1C(=O)N(CC(C)OC)CN(CC2CO2)C1=O. The summed E-state index contributed by atoms with van der Waals surface area (Å²) < 4.78 is 10.4. The predicted octanol–water partition coefficient (Wildman–Crippen LogP) is 1.50. The van der Waals surface area contributed by atoms with Crippen LogP contribution in [-0.2, 0) is 9.47 Å². The van der Waals surface area contributed by atoms with Crippen molar-refractivity contribution in [3.8, 4) is 0 Å². The number of ether oxygens (including phenoxy) is 2. The standard InChI is InChI=1S/C15H25N3O4/c1-11(2)5-6-18-14(19)16(7-12(3)21-4)10-17(15(18)20)8-13-9-22-13/h12-13H,1,5-10H2,2-4H3. The third-order valence-electron chi connectivity index (χ3n) is 3.81. The van der Waals surface area contributed by atoms with Gasteiger partial charge in [0.1, 0.15) is 0 Å². The zero-order chi connectivity index (χ0) is 16.3. The van der Waals surface area contributed by atoms with E-state index >= 15 is 0 Å². The summed E-state index contributed by atoms with van der Waals surface area (Å²) in [5.41, 5.74) is 0.944. The minimum absolute atomic E-state index is 0.0841. The van der Waals surface area contributed by atoms with Gasteiger partial charge in [-0.05, 0) is 20.3 Å². The molecular weight excluding hydrogens is 286 g/mol. The van der Waals surface area contributed by atoms with Crippen LogP contribution in [-0.4, -0.2) is 79.0 Å². The van der Waals surface area contributed by atoms with Crippen molar-refractivity contribution < 1.29 is 19.1 Å². The molecule has 2 rings (SSSR count). The van der Waals surface area contributed by atoms with E-state index in [0.717, 1.165) is 5.57 Å². The van der Waals surface area contributed by atoms with E-state index in [1.807, 2.05) is 13.8 Å². The van der Waals surface area contributed by atoms with E-state index in [-0.39, 0.29) is 30.9 Å². The van der Waals surface area contributed by atoms with E-state index in [4.69, 9.17) is 9.47 Å². The van der Waals surface area contributed by atoms with Crippen LogP contribution in [0, 0.1) is 0 Å². The van der Waals surface area contributed by atoms with Gasteiger partial charge in [-0.15, -0.1) is 6.58 Å². The molecule has 0 spiro atoms. The lowest BCUT2D eigenvalue weighted by molar-refractivity contribution is 0.0390. The Morgan fingerprint density at radius 3 is 2.59 bits per heavy atom. The largest absolute Gasteiger partial charge is 0.380 e. The topological polar surface area (TPSA) is 65.6 Å². The van der Waals surface area contributed by atoms with Gasteiger partial charge < -0.3 is 19.3 Å². The van der Waals surface area contributed by atoms with Crippen molar-refractivity contribution in [2.45, 2.75) is 32.5 Å². The second kappa shape index (κ2) is 7.11. The Kier molecular flexibility index (Phi) is 5.42. The number of urea groups is 2. The second-order valence-electron chi connectivity index (χ2n) is 6.01. The number of hydrogen-bond acceptors (Lipinski definition) is 4. The highest BCUT2D eigenvalue weighted by atomic mass is 16.6. The van der Waals surface area contributed by atoms with Crippen molar-refractivity contribution in [1.82, 2.24) is 14.7 Å². The van der Waals surface area contributed by atoms with Crippen LogP contribution in [0.1, 0.15) is 20.3 Å². The number of methoxy groups -OCH3 is 1. The van der Waals surface area contributed by atoms with Crippen molar-refractivity contribution in [1.29, 1.82) is 0 Å². The average molecular weight is 311 g/mol. The van der Waals surface area contributed by atoms with Gasteiger partial charge in [0, 0.05) is 13.7 Å². The summed E-state index contributed by atoms with van der Waals surface area (Å²) in [5.74, 6) is 0. The number of imide groups is 1. The van der Waals surface area contributed by atoms with Crippen LogP contribution in [0.5, 0.6) is 0 Å².